The lowest BCUT2D eigenvalue weighted by Gasteiger charge is -2.20. The van der Waals surface area contributed by atoms with Gasteiger partial charge in [-0.15, -0.1) is 0 Å². The Bertz CT molecular complexity index is 576. The van der Waals surface area contributed by atoms with Crippen molar-refractivity contribution in [3.8, 4) is 0 Å². The molecule has 0 aromatic carbocycles. The molecule has 0 unspecified atom stereocenters. The number of aromatic nitrogens is 3. The van der Waals surface area contributed by atoms with E-state index in [4.69, 9.17) is 0 Å². The summed E-state index contributed by atoms with van der Waals surface area (Å²) in [7, 11) is 0. The van der Waals surface area contributed by atoms with Crippen molar-refractivity contribution in [1.82, 2.24) is 20.1 Å². The molecule has 100 valence electrons. The summed E-state index contributed by atoms with van der Waals surface area (Å²) >= 11 is 0. The zero-order valence-electron chi connectivity index (χ0n) is 11.5. The summed E-state index contributed by atoms with van der Waals surface area (Å²) in [5, 5.41) is 6.68. The first kappa shape index (κ1) is 13.3. The molecule has 19 heavy (non-hydrogen) atoms. The Labute approximate surface area is 112 Å². The third kappa shape index (κ3) is 2.99. The normalized spacial score (nSPS) is 10.5. The standard InChI is InChI=1S/C14H18N4O/c1-4-18(9-12-7-5-6-10(2)16-12)14(19)13-8-15-17-11(13)3/h5-8H,4,9H2,1-3H3,(H,15,17). The van der Waals surface area contributed by atoms with Gasteiger partial charge in [0.05, 0.1) is 24.0 Å². The van der Waals surface area contributed by atoms with E-state index in [0.29, 0.717) is 18.7 Å². The number of nitrogens with zero attached hydrogens (tertiary/aromatic N) is 3. The van der Waals surface area contributed by atoms with Gasteiger partial charge in [-0.1, -0.05) is 6.07 Å². The maximum atomic E-state index is 12.4. The van der Waals surface area contributed by atoms with Gasteiger partial charge in [0, 0.05) is 17.9 Å². The molecule has 0 aliphatic rings. The molecule has 0 aliphatic carbocycles. The van der Waals surface area contributed by atoms with Crippen LogP contribution in [0.4, 0.5) is 0 Å². The molecule has 5 nitrogen and oxygen atoms in total. The minimum Gasteiger partial charge on any atom is -0.333 e. The van der Waals surface area contributed by atoms with Crippen LogP contribution in [0.2, 0.25) is 0 Å². The maximum Gasteiger partial charge on any atom is 0.257 e. The highest BCUT2D eigenvalue weighted by atomic mass is 16.2. The van der Waals surface area contributed by atoms with Crippen LogP contribution in [-0.2, 0) is 6.54 Å². The minimum absolute atomic E-state index is 0.0166. The number of aromatic amines is 1. The van der Waals surface area contributed by atoms with Crippen molar-refractivity contribution < 1.29 is 4.79 Å². The Morgan fingerprint density at radius 3 is 2.74 bits per heavy atom. The highest BCUT2D eigenvalue weighted by molar-refractivity contribution is 5.94. The Morgan fingerprint density at radius 2 is 2.16 bits per heavy atom. The fourth-order valence-corrected chi connectivity index (χ4v) is 1.95. The lowest BCUT2D eigenvalue weighted by Crippen LogP contribution is -2.30. The van der Waals surface area contributed by atoms with Gasteiger partial charge in [-0.3, -0.25) is 14.9 Å². The highest BCUT2D eigenvalue weighted by Gasteiger charge is 2.18. The van der Waals surface area contributed by atoms with Crippen molar-refractivity contribution >= 4 is 5.91 Å². The van der Waals surface area contributed by atoms with Gasteiger partial charge in [-0.2, -0.15) is 5.10 Å². The Balaban J connectivity index is 2.17. The van der Waals surface area contributed by atoms with Gasteiger partial charge in [-0.05, 0) is 32.9 Å². The first-order valence-electron chi connectivity index (χ1n) is 6.33. The number of hydrogen-bond donors (Lipinski definition) is 1. The zero-order chi connectivity index (χ0) is 13.8. The van der Waals surface area contributed by atoms with Gasteiger partial charge in [0.1, 0.15) is 0 Å². The molecule has 0 saturated carbocycles. The second-order valence-corrected chi connectivity index (χ2v) is 4.50. The number of carbonyl (C=O) groups is 1. The van der Waals surface area contributed by atoms with Crippen LogP contribution in [0, 0.1) is 13.8 Å². The number of aryl methyl sites for hydroxylation is 2. The fourth-order valence-electron chi connectivity index (χ4n) is 1.95. The molecule has 0 fully saturated rings. The van der Waals surface area contributed by atoms with Gasteiger partial charge >= 0.3 is 0 Å². The summed E-state index contributed by atoms with van der Waals surface area (Å²) in [6.45, 7) is 6.91. The molecular formula is C14H18N4O. The average molecular weight is 258 g/mol. The molecule has 0 saturated heterocycles. The maximum absolute atomic E-state index is 12.4. The molecule has 5 heteroatoms. The van der Waals surface area contributed by atoms with Gasteiger partial charge in [0.25, 0.3) is 5.91 Å². The molecule has 1 N–H and O–H groups in total. The number of H-pyrrole nitrogens is 1. The van der Waals surface area contributed by atoms with Crippen molar-refractivity contribution in [1.29, 1.82) is 0 Å². The largest absolute Gasteiger partial charge is 0.333 e. The van der Waals surface area contributed by atoms with E-state index in [1.54, 1.807) is 11.1 Å². The topological polar surface area (TPSA) is 61.9 Å². The van der Waals surface area contributed by atoms with Gasteiger partial charge in [0.15, 0.2) is 0 Å². The smallest absolute Gasteiger partial charge is 0.257 e. The van der Waals surface area contributed by atoms with Crippen molar-refractivity contribution in [3.05, 3.63) is 47.0 Å². The minimum atomic E-state index is -0.0166. The van der Waals surface area contributed by atoms with Crippen molar-refractivity contribution in [2.45, 2.75) is 27.3 Å². The van der Waals surface area contributed by atoms with Crippen LogP contribution >= 0.6 is 0 Å². The van der Waals surface area contributed by atoms with E-state index < -0.39 is 0 Å². The molecule has 1 amide bonds. The van der Waals surface area contributed by atoms with Gasteiger partial charge in [-0.25, -0.2) is 0 Å². The highest BCUT2D eigenvalue weighted by Crippen LogP contribution is 2.10. The lowest BCUT2D eigenvalue weighted by molar-refractivity contribution is 0.0750. The molecule has 0 aliphatic heterocycles. The molecule has 0 spiro atoms. The Kier molecular flexibility index (Phi) is 3.94. The molecule has 0 bridgehead atoms. The van der Waals surface area contributed by atoms with E-state index in [0.717, 1.165) is 17.1 Å². The summed E-state index contributed by atoms with van der Waals surface area (Å²) in [6.07, 6.45) is 1.57. The van der Waals surface area contributed by atoms with Crippen LogP contribution in [0.5, 0.6) is 0 Å². The summed E-state index contributed by atoms with van der Waals surface area (Å²) in [5.74, 6) is -0.0166. The van der Waals surface area contributed by atoms with Crippen molar-refractivity contribution in [2.24, 2.45) is 0 Å². The number of nitrogens with one attached hydrogen (secondary N) is 1. The Hall–Kier alpha value is -2.17. The first-order valence-corrected chi connectivity index (χ1v) is 6.33. The van der Waals surface area contributed by atoms with Gasteiger partial charge < -0.3 is 4.90 Å². The molecular weight excluding hydrogens is 240 g/mol. The van der Waals surface area contributed by atoms with E-state index in [1.807, 2.05) is 39.0 Å². The van der Waals surface area contributed by atoms with Crippen LogP contribution in [0.3, 0.4) is 0 Å². The molecule has 2 heterocycles. The zero-order valence-corrected chi connectivity index (χ0v) is 11.5. The number of amides is 1. The molecule has 0 radical (unpaired) electrons. The lowest BCUT2D eigenvalue weighted by atomic mass is 10.2. The van der Waals surface area contributed by atoms with E-state index in [2.05, 4.69) is 15.2 Å². The Morgan fingerprint density at radius 1 is 1.37 bits per heavy atom. The third-order valence-electron chi connectivity index (χ3n) is 3.03. The predicted octanol–water partition coefficient (Wildman–Crippen LogP) is 2.08. The fraction of sp³-hybridized carbons (Fsp3) is 0.357. The molecule has 0 atom stereocenters. The molecule has 2 aromatic heterocycles. The SMILES string of the molecule is CCN(Cc1cccc(C)n1)C(=O)c1cn[nH]c1C. The quantitative estimate of drug-likeness (QED) is 0.913. The van der Waals surface area contributed by atoms with Crippen LogP contribution < -0.4 is 0 Å². The van der Waals surface area contributed by atoms with Crippen molar-refractivity contribution in [3.63, 3.8) is 0 Å². The average Bonchev–Trinajstić information content (AvgIpc) is 2.81. The van der Waals surface area contributed by atoms with E-state index in [-0.39, 0.29) is 5.91 Å². The summed E-state index contributed by atoms with van der Waals surface area (Å²) in [4.78, 5) is 18.6. The summed E-state index contributed by atoms with van der Waals surface area (Å²) < 4.78 is 0. The summed E-state index contributed by atoms with van der Waals surface area (Å²) in [5.41, 5.74) is 3.27. The van der Waals surface area contributed by atoms with Crippen LogP contribution in [-0.4, -0.2) is 32.5 Å². The van der Waals surface area contributed by atoms with E-state index in [1.165, 1.54) is 0 Å². The third-order valence-corrected chi connectivity index (χ3v) is 3.03. The van der Waals surface area contributed by atoms with E-state index >= 15 is 0 Å². The van der Waals surface area contributed by atoms with Crippen LogP contribution in [0.1, 0.15) is 34.4 Å². The second-order valence-electron chi connectivity index (χ2n) is 4.50. The van der Waals surface area contributed by atoms with Gasteiger partial charge in [0.2, 0.25) is 0 Å². The van der Waals surface area contributed by atoms with Crippen LogP contribution in [0.15, 0.2) is 24.4 Å². The number of pyridine rings is 1. The molecule has 2 aromatic rings. The predicted molar refractivity (Wildman–Crippen MR) is 72.7 cm³/mol. The second kappa shape index (κ2) is 5.65. The first-order chi connectivity index (χ1) is 9.11. The number of carbonyl (C=O) groups excluding carboxylic acids is 1. The number of rotatable bonds is 4. The van der Waals surface area contributed by atoms with Crippen molar-refractivity contribution in [2.75, 3.05) is 6.54 Å². The number of hydrogen-bond acceptors (Lipinski definition) is 3. The summed E-state index contributed by atoms with van der Waals surface area (Å²) in [6, 6.07) is 5.84. The van der Waals surface area contributed by atoms with Crippen LogP contribution in [0.25, 0.3) is 0 Å². The van der Waals surface area contributed by atoms with E-state index in [9.17, 15) is 4.79 Å². The monoisotopic (exact) mass is 258 g/mol. The molecule has 2 rings (SSSR count).